The van der Waals surface area contributed by atoms with E-state index in [4.69, 9.17) is 9.47 Å². The zero-order chi connectivity index (χ0) is 26.2. The first-order valence-electron chi connectivity index (χ1n) is 12.1. The molecular formula is C29H29N3O4S. The molecule has 4 rings (SSSR count). The van der Waals surface area contributed by atoms with Crippen LogP contribution < -0.4 is 14.8 Å². The van der Waals surface area contributed by atoms with Gasteiger partial charge in [0.25, 0.3) is 11.8 Å². The van der Waals surface area contributed by atoms with E-state index in [0.717, 1.165) is 16.8 Å². The summed E-state index contributed by atoms with van der Waals surface area (Å²) in [6, 6.07) is 22.5. The fourth-order valence-corrected chi connectivity index (χ4v) is 4.68. The highest BCUT2D eigenvalue weighted by Gasteiger charge is 2.32. The van der Waals surface area contributed by atoms with Crippen LogP contribution >= 0.6 is 11.8 Å². The maximum absolute atomic E-state index is 13.1. The largest absolute Gasteiger partial charge is 0.490 e. The molecule has 1 aliphatic heterocycles. The molecule has 37 heavy (non-hydrogen) atoms. The first-order valence-corrected chi connectivity index (χ1v) is 12.9. The molecule has 0 spiro atoms. The normalized spacial score (nSPS) is 15.3. The first kappa shape index (κ1) is 26.0. The van der Waals surface area contributed by atoms with Crippen LogP contribution in [0.25, 0.3) is 6.08 Å². The number of aryl methyl sites for hydroxylation is 1. The van der Waals surface area contributed by atoms with Crippen molar-refractivity contribution in [3.05, 3.63) is 88.8 Å². The molecule has 1 fully saturated rings. The molecule has 8 heteroatoms. The maximum Gasteiger partial charge on any atom is 0.266 e. The number of aliphatic imine (C=N–C) groups is 1. The molecule has 0 aromatic heterocycles. The van der Waals surface area contributed by atoms with Crippen molar-refractivity contribution in [2.45, 2.75) is 20.8 Å². The van der Waals surface area contributed by atoms with Crippen LogP contribution in [-0.4, -0.2) is 41.6 Å². The van der Waals surface area contributed by atoms with E-state index >= 15 is 0 Å². The van der Waals surface area contributed by atoms with Gasteiger partial charge in [-0.1, -0.05) is 42.0 Å². The van der Waals surface area contributed by atoms with Crippen molar-refractivity contribution < 1.29 is 19.1 Å². The Morgan fingerprint density at radius 3 is 2.46 bits per heavy atom. The minimum atomic E-state index is -0.271. The van der Waals surface area contributed by atoms with Gasteiger partial charge in [0.05, 0.1) is 17.2 Å². The molecule has 190 valence electrons. The van der Waals surface area contributed by atoms with Crippen LogP contribution in [0.15, 0.2) is 82.7 Å². The molecule has 3 aromatic carbocycles. The minimum Gasteiger partial charge on any atom is -0.490 e. The van der Waals surface area contributed by atoms with E-state index in [2.05, 4.69) is 10.3 Å². The molecule has 7 nitrogen and oxygen atoms in total. The van der Waals surface area contributed by atoms with Crippen LogP contribution in [0, 0.1) is 6.92 Å². The second kappa shape index (κ2) is 12.3. The Bertz CT molecular complexity index is 1320. The number of ether oxygens (including phenoxy) is 2. The fourth-order valence-electron chi connectivity index (χ4n) is 3.62. The number of anilines is 1. The molecule has 0 aliphatic carbocycles. The van der Waals surface area contributed by atoms with E-state index in [1.165, 1.54) is 11.8 Å². The van der Waals surface area contributed by atoms with Crippen molar-refractivity contribution in [2.75, 3.05) is 25.1 Å². The Hall–Kier alpha value is -4.04. The average molecular weight is 516 g/mol. The molecule has 0 unspecified atom stereocenters. The van der Waals surface area contributed by atoms with Crippen molar-refractivity contribution >= 4 is 46.2 Å². The van der Waals surface area contributed by atoms with Crippen molar-refractivity contribution in [3.8, 4) is 11.5 Å². The molecular weight excluding hydrogens is 486 g/mol. The Morgan fingerprint density at radius 2 is 1.76 bits per heavy atom. The lowest BCUT2D eigenvalue weighted by Crippen LogP contribution is -2.28. The lowest BCUT2D eigenvalue weighted by molar-refractivity contribution is -0.122. The number of nitrogens with one attached hydrogen (secondary N) is 1. The molecule has 0 saturated carbocycles. The molecule has 1 N–H and O–H groups in total. The maximum atomic E-state index is 13.1. The van der Waals surface area contributed by atoms with Crippen molar-refractivity contribution in [3.63, 3.8) is 0 Å². The topological polar surface area (TPSA) is 80.2 Å². The fraction of sp³-hybridized carbons (Fsp3) is 0.207. The van der Waals surface area contributed by atoms with Crippen molar-refractivity contribution in [1.82, 2.24) is 4.90 Å². The lowest BCUT2D eigenvalue weighted by Gasteiger charge is -2.13. The number of para-hydroxylation sites is 1. The number of hydrogen-bond acceptors (Lipinski definition) is 6. The summed E-state index contributed by atoms with van der Waals surface area (Å²) in [7, 11) is 0. The summed E-state index contributed by atoms with van der Waals surface area (Å²) in [5, 5.41) is 3.44. The smallest absolute Gasteiger partial charge is 0.266 e. The van der Waals surface area contributed by atoms with Crippen LogP contribution in [0.2, 0.25) is 0 Å². The quantitative estimate of drug-likeness (QED) is 0.352. The zero-order valence-corrected chi connectivity index (χ0v) is 21.9. The van der Waals surface area contributed by atoms with Gasteiger partial charge in [-0.15, -0.1) is 0 Å². The molecule has 1 saturated heterocycles. The second-order valence-corrected chi connectivity index (χ2v) is 9.24. The number of amides is 2. The zero-order valence-electron chi connectivity index (χ0n) is 21.1. The molecule has 0 radical (unpaired) electrons. The summed E-state index contributed by atoms with van der Waals surface area (Å²) in [6.07, 6.45) is 1.82. The van der Waals surface area contributed by atoms with Gasteiger partial charge < -0.3 is 14.8 Å². The molecule has 1 aliphatic rings. The van der Waals surface area contributed by atoms with E-state index in [1.54, 1.807) is 17.0 Å². The average Bonchev–Trinajstić information content (AvgIpc) is 3.19. The highest BCUT2D eigenvalue weighted by atomic mass is 32.2. The first-order chi connectivity index (χ1) is 18.0. The number of hydrogen-bond donors (Lipinski definition) is 1. The highest BCUT2D eigenvalue weighted by molar-refractivity contribution is 8.18. The van der Waals surface area contributed by atoms with Gasteiger partial charge in [0.15, 0.2) is 23.3 Å². The summed E-state index contributed by atoms with van der Waals surface area (Å²) in [5.41, 5.74) is 3.44. The van der Waals surface area contributed by atoms with E-state index in [9.17, 15) is 9.59 Å². The predicted molar refractivity (Wildman–Crippen MR) is 149 cm³/mol. The van der Waals surface area contributed by atoms with Gasteiger partial charge in [0.1, 0.15) is 0 Å². The van der Waals surface area contributed by atoms with Gasteiger partial charge in [0.2, 0.25) is 0 Å². The van der Waals surface area contributed by atoms with Gasteiger partial charge in [-0.2, -0.15) is 0 Å². The van der Waals surface area contributed by atoms with Crippen LogP contribution in [0.3, 0.4) is 0 Å². The molecule has 0 bridgehead atoms. The number of thioether (sulfide) groups is 1. The summed E-state index contributed by atoms with van der Waals surface area (Å²) >= 11 is 1.35. The number of nitrogens with zero attached hydrogens (tertiary/aromatic N) is 2. The van der Waals surface area contributed by atoms with Crippen molar-refractivity contribution in [1.29, 1.82) is 0 Å². The number of likely N-dealkylation sites (N-methyl/N-ethyl adjacent to an activating group) is 1. The van der Waals surface area contributed by atoms with Crippen molar-refractivity contribution in [2.24, 2.45) is 4.99 Å². The van der Waals surface area contributed by atoms with Gasteiger partial charge in [0, 0.05) is 12.2 Å². The SMILES string of the molecule is CCOc1cc(/C=C2/SC(=Nc3ccc(C)cc3)N(CC)C2=O)ccc1OCC(=O)Nc1ccccc1. The summed E-state index contributed by atoms with van der Waals surface area (Å²) in [4.78, 5) is 32.3. The molecule has 1 heterocycles. The molecule has 3 aromatic rings. The summed E-state index contributed by atoms with van der Waals surface area (Å²) in [6.45, 7) is 6.62. The van der Waals surface area contributed by atoms with Crippen LogP contribution in [0.4, 0.5) is 11.4 Å². The van der Waals surface area contributed by atoms with Crippen LogP contribution in [-0.2, 0) is 9.59 Å². The second-order valence-electron chi connectivity index (χ2n) is 8.23. The number of rotatable bonds is 9. The molecule has 2 amide bonds. The minimum absolute atomic E-state index is 0.0887. The Morgan fingerprint density at radius 1 is 1.00 bits per heavy atom. The van der Waals surface area contributed by atoms with Crippen LogP contribution in [0.1, 0.15) is 25.0 Å². The Labute approximate surface area is 221 Å². The third-order valence-electron chi connectivity index (χ3n) is 5.44. The lowest BCUT2D eigenvalue weighted by atomic mass is 10.2. The summed E-state index contributed by atoms with van der Waals surface area (Å²) in [5.74, 6) is 0.595. The predicted octanol–water partition coefficient (Wildman–Crippen LogP) is 6.04. The number of carbonyl (C=O) groups excluding carboxylic acids is 2. The van der Waals surface area contributed by atoms with E-state index in [-0.39, 0.29) is 18.4 Å². The highest BCUT2D eigenvalue weighted by Crippen LogP contribution is 2.36. The third-order valence-corrected chi connectivity index (χ3v) is 6.45. The number of benzene rings is 3. The third kappa shape index (κ3) is 6.80. The number of amidine groups is 1. The van der Waals surface area contributed by atoms with Gasteiger partial charge in [-0.3, -0.25) is 14.5 Å². The van der Waals surface area contributed by atoms with E-state index in [1.807, 2.05) is 87.5 Å². The Kier molecular flexibility index (Phi) is 8.64. The standard InChI is InChI=1S/C29H29N3O4S/c1-4-32-28(34)26(37-29(32)31-23-14-11-20(3)12-15-23)18-21-13-16-24(25(17-21)35-5-2)36-19-27(33)30-22-9-7-6-8-10-22/h6-18H,4-5,19H2,1-3H3,(H,30,33)/b26-18+,31-29?. The van der Waals surface area contributed by atoms with E-state index < -0.39 is 0 Å². The monoisotopic (exact) mass is 515 g/mol. The van der Waals surface area contributed by atoms with Crippen LogP contribution in [0.5, 0.6) is 11.5 Å². The number of carbonyl (C=O) groups is 2. The van der Waals surface area contributed by atoms with E-state index in [0.29, 0.717) is 40.4 Å². The summed E-state index contributed by atoms with van der Waals surface area (Å²) < 4.78 is 11.5. The van der Waals surface area contributed by atoms with Gasteiger partial charge >= 0.3 is 0 Å². The Balaban J connectivity index is 1.50. The van der Waals surface area contributed by atoms with Gasteiger partial charge in [-0.25, -0.2) is 4.99 Å². The van der Waals surface area contributed by atoms with Gasteiger partial charge in [-0.05, 0) is 80.6 Å². The molecule has 0 atom stereocenters.